The standard InChI is InChI=1S/C29H29N7O7S/c1-42-21-11-20(34-19-6-4-3-5-18(19)21)28(39)35-23-25(38)22(13-37)43-29(23)36-15-33-24-26(31-14-32-27(24)36)30-12-16-7-9-17(10-8-16)44(2,40)41/h3-11,14-15,22-23,25,29,37-38H,12-13H2,1-2H3,(H,35,39)(H,30,31,32)/t22-,23-,25-,29-/m1/s1. The number of pyridine rings is 1. The van der Waals surface area contributed by atoms with E-state index in [1.165, 1.54) is 38.0 Å². The zero-order chi connectivity index (χ0) is 31.0. The van der Waals surface area contributed by atoms with Crippen LogP contribution in [0.25, 0.3) is 22.1 Å². The van der Waals surface area contributed by atoms with Gasteiger partial charge in [0, 0.05) is 24.3 Å². The topological polar surface area (TPSA) is 191 Å². The van der Waals surface area contributed by atoms with E-state index >= 15 is 0 Å². The molecule has 0 unspecified atom stereocenters. The average Bonchev–Trinajstić information content (AvgIpc) is 3.59. The fourth-order valence-corrected chi connectivity index (χ4v) is 5.78. The van der Waals surface area contributed by atoms with Crippen molar-refractivity contribution in [2.45, 2.75) is 35.9 Å². The number of nitrogens with one attached hydrogen (secondary N) is 2. The first kappa shape index (κ1) is 29.4. The van der Waals surface area contributed by atoms with Crippen molar-refractivity contribution in [2.24, 2.45) is 0 Å². The minimum absolute atomic E-state index is 0.0767. The molecule has 1 amide bonds. The lowest BCUT2D eigenvalue weighted by Gasteiger charge is -2.23. The van der Waals surface area contributed by atoms with Crippen LogP contribution >= 0.6 is 0 Å². The number of nitrogens with zero attached hydrogens (tertiary/aromatic N) is 5. The molecule has 1 fully saturated rings. The number of sulfone groups is 1. The molecule has 0 spiro atoms. The number of fused-ring (bicyclic) bond motifs is 2. The van der Waals surface area contributed by atoms with Crippen LogP contribution in [0.3, 0.4) is 0 Å². The number of amides is 1. The Morgan fingerprint density at radius 3 is 2.61 bits per heavy atom. The second kappa shape index (κ2) is 11.8. The van der Waals surface area contributed by atoms with E-state index in [2.05, 4.69) is 30.6 Å². The fourth-order valence-electron chi connectivity index (χ4n) is 5.15. The minimum Gasteiger partial charge on any atom is -0.496 e. The van der Waals surface area contributed by atoms with E-state index in [1.807, 2.05) is 12.1 Å². The normalized spacial score (nSPS) is 20.2. The monoisotopic (exact) mass is 619 g/mol. The van der Waals surface area contributed by atoms with Gasteiger partial charge in [-0.1, -0.05) is 24.3 Å². The third kappa shape index (κ3) is 5.53. The van der Waals surface area contributed by atoms with Gasteiger partial charge in [0.2, 0.25) is 0 Å². The maximum atomic E-state index is 13.4. The maximum absolute atomic E-state index is 13.4. The molecule has 1 saturated heterocycles. The molecule has 44 heavy (non-hydrogen) atoms. The Hall–Kier alpha value is -4.70. The SMILES string of the molecule is COc1cc(C(=O)N[C@@H]2[C@H](O)[C@@H](CO)O[C@H]2n2cnc3c(NCc4ccc(S(C)(=O)=O)cc4)ncnc32)nc2ccccc12. The number of hydrogen-bond donors (Lipinski definition) is 4. The number of ether oxygens (including phenoxy) is 2. The van der Waals surface area contributed by atoms with Crippen molar-refractivity contribution in [1.82, 2.24) is 29.8 Å². The number of carbonyl (C=O) groups excluding carboxylic acids is 1. The molecule has 1 aliphatic heterocycles. The zero-order valence-electron chi connectivity index (χ0n) is 23.7. The van der Waals surface area contributed by atoms with Gasteiger partial charge < -0.3 is 30.3 Å². The lowest BCUT2D eigenvalue weighted by atomic mass is 10.1. The molecule has 0 saturated carbocycles. The Balaban J connectivity index is 1.26. The van der Waals surface area contributed by atoms with Crippen LogP contribution in [0.2, 0.25) is 0 Å². The summed E-state index contributed by atoms with van der Waals surface area (Å²) >= 11 is 0. The number of carbonyl (C=O) groups is 1. The predicted octanol–water partition coefficient (Wildman–Crippen LogP) is 1.45. The van der Waals surface area contributed by atoms with Gasteiger partial charge in [-0.3, -0.25) is 9.36 Å². The minimum atomic E-state index is -3.31. The van der Waals surface area contributed by atoms with Crippen molar-refractivity contribution in [3.8, 4) is 5.75 Å². The molecule has 14 nitrogen and oxygen atoms in total. The van der Waals surface area contributed by atoms with Crippen LogP contribution in [0.5, 0.6) is 5.75 Å². The number of para-hydroxylation sites is 1. The molecule has 0 aliphatic carbocycles. The van der Waals surface area contributed by atoms with Crippen molar-refractivity contribution in [2.75, 3.05) is 25.3 Å². The highest BCUT2D eigenvalue weighted by Gasteiger charge is 2.46. The van der Waals surface area contributed by atoms with Crippen molar-refractivity contribution < 1.29 is 32.9 Å². The summed E-state index contributed by atoms with van der Waals surface area (Å²) in [5, 5.41) is 27.7. The molecule has 4 heterocycles. The number of benzene rings is 2. The van der Waals surface area contributed by atoms with E-state index in [4.69, 9.17) is 9.47 Å². The Kier molecular flexibility index (Phi) is 7.85. The van der Waals surface area contributed by atoms with E-state index in [1.54, 1.807) is 28.8 Å². The average molecular weight is 620 g/mol. The summed E-state index contributed by atoms with van der Waals surface area (Å²) < 4.78 is 36.5. The molecule has 4 atom stereocenters. The maximum Gasteiger partial charge on any atom is 0.270 e. The molecule has 4 N–H and O–H groups in total. The molecule has 15 heteroatoms. The van der Waals surface area contributed by atoms with Gasteiger partial charge in [0.05, 0.1) is 30.5 Å². The zero-order valence-corrected chi connectivity index (χ0v) is 24.5. The first-order chi connectivity index (χ1) is 21.2. The third-order valence-corrected chi connectivity index (χ3v) is 8.55. The lowest BCUT2D eigenvalue weighted by molar-refractivity contribution is -0.0440. The number of imidazole rings is 1. The molecule has 3 aromatic heterocycles. The van der Waals surface area contributed by atoms with E-state index in [0.29, 0.717) is 34.8 Å². The Morgan fingerprint density at radius 2 is 1.89 bits per heavy atom. The molecular formula is C29H29N7O7S. The Labute approximate surface area is 251 Å². The fraction of sp³-hybridized carbons (Fsp3) is 0.276. The summed E-state index contributed by atoms with van der Waals surface area (Å²) in [6.45, 7) is -0.159. The van der Waals surface area contributed by atoms with Crippen LogP contribution in [0.4, 0.5) is 5.82 Å². The van der Waals surface area contributed by atoms with Crippen molar-refractivity contribution in [3.05, 3.63) is 78.5 Å². The van der Waals surface area contributed by atoms with Gasteiger partial charge in [-0.25, -0.2) is 28.4 Å². The first-order valence-electron chi connectivity index (χ1n) is 13.6. The quantitative estimate of drug-likeness (QED) is 0.186. The number of anilines is 1. The van der Waals surface area contributed by atoms with Crippen LogP contribution in [-0.2, 0) is 21.1 Å². The van der Waals surface area contributed by atoms with Gasteiger partial charge >= 0.3 is 0 Å². The second-order valence-electron chi connectivity index (χ2n) is 10.3. The summed E-state index contributed by atoms with van der Waals surface area (Å²) in [7, 11) is -1.80. The highest BCUT2D eigenvalue weighted by molar-refractivity contribution is 7.90. The molecular weight excluding hydrogens is 590 g/mol. The van der Waals surface area contributed by atoms with Gasteiger partial charge in [-0.15, -0.1) is 0 Å². The van der Waals surface area contributed by atoms with Crippen LogP contribution in [0.1, 0.15) is 22.3 Å². The highest BCUT2D eigenvalue weighted by Crippen LogP contribution is 2.33. The molecule has 5 aromatic rings. The number of rotatable bonds is 9. The summed E-state index contributed by atoms with van der Waals surface area (Å²) in [6, 6.07) is 14.2. The van der Waals surface area contributed by atoms with Gasteiger partial charge in [-0.05, 0) is 29.8 Å². The summed E-state index contributed by atoms with van der Waals surface area (Å²) in [5.74, 6) is 0.303. The molecule has 0 radical (unpaired) electrons. The Morgan fingerprint density at radius 1 is 1.11 bits per heavy atom. The molecule has 6 rings (SSSR count). The van der Waals surface area contributed by atoms with Gasteiger partial charge in [0.1, 0.15) is 36.0 Å². The van der Waals surface area contributed by atoms with E-state index in [0.717, 1.165) is 17.2 Å². The summed E-state index contributed by atoms with van der Waals surface area (Å²) in [4.78, 5) is 31.2. The number of aromatic nitrogens is 5. The van der Waals surface area contributed by atoms with Crippen molar-refractivity contribution in [3.63, 3.8) is 0 Å². The summed E-state index contributed by atoms with van der Waals surface area (Å²) in [5.41, 5.74) is 2.21. The van der Waals surface area contributed by atoms with Crippen molar-refractivity contribution >= 4 is 43.6 Å². The van der Waals surface area contributed by atoms with Crippen LogP contribution in [-0.4, -0.2) is 87.3 Å². The molecule has 0 bridgehead atoms. The summed E-state index contributed by atoms with van der Waals surface area (Å²) in [6.07, 6.45) is 0.712. The van der Waals surface area contributed by atoms with Crippen LogP contribution < -0.4 is 15.4 Å². The predicted molar refractivity (Wildman–Crippen MR) is 159 cm³/mol. The lowest BCUT2D eigenvalue weighted by Crippen LogP contribution is -2.47. The van der Waals surface area contributed by atoms with Crippen molar-refractivity contribution in [1.29, 1.82) is 0 Å². The third-order valence-electron chi connectivity index (χ3n) is 7.42. The van der Waals surface area contributed by atoms with E-state index < -0.39 is 46.8 Å². The smallest absolute Gasteiger partial charge is 0.270 e. The number of aliphatic hydroxyl groups excluding tert-OH is 2. The van der Waals surface area contributed by atoms with Gasteiger partial charge in [0.25, 0.3) is 5.91 Å². The first-order valence-corrected chi connectivity index (χ1v) is 15.5. The Bertz CT molecular complexity index is 1950. The van der Waals surface area contributed by atoms with Gasteiger partial charge in [0.15, 0.2) is 33.0 Å². The largest absolute Gasteiger partial charge is 0.496 e. The van der Waals surface area contributed by atoms with Gasteiger partial charge in [-0.2, -0.15) is 0 Å². The van der Waals surface area contributed by atoms with Crippen LogP contribution in [0.15, 0.2) is 72.1 Å². The number of aliphatic hydroxyl groups is 2. The molecule has 228 valence electrons. The van der Waals surface area contributed by atoms with E-state index in [-0.39, 0.29) is 10.6 Å². The second-order valence-corrected chi connectivity index (χ2v) is 12.3. The molecule has 1 aliphatic rings. The van der Waals surface area contributed by atoms with Crippen LogP contribution in [0, 0.1) is 0 Å². The number of methoxy groups -OCH3 is 1. The van der Waals surface area contributed by atoms with E-state index in [9.17, 15) is 23.4 Å². The highest BCUT2D eigenvalue weighted by atomic mass is 32.2. The molecule has 2 aromatic carbocycles. The number of hydrogen-bond acceptors (Lipinski definition) is 12.